The highest BCUT2D eigenvalue weighted by molar-refractivity contribution is 7.76. The summed E-state index contributed by atoms with van der Waals surface area (Å²) < 4.78 is 19.5. The SMILES string of the molecule is O=P1(Oc2ccccc2O)c2ccccc2-c2ccccc21. The Morgan fingerprint density at radius 3 is 1.82 bits per heavy atom. The highest BCUT2D eigenvalue weighted by atomic mass is 31.2. The molecule has 0 amide bonds. The number of fused-ring (bicyclic) bond motifs is 3. The van der Waals surface area contributed by atoms with E-state index >= 15 is 0 Å². The second-order valence-electron chi connectivity index (χ2n) is 5.14. The Kier molecular flexibility index (Phi) is 2.85. The summed E-state index contributed by atoms with van der Waals surface area (Å²) in [6, 6.07) is 21.7. The topological polar surface area (TPSA) is 46.5 Å². The molecule has 0 fully saturated rings. The fraction of sp³-hybridized carbons (Fsp3) is 0. The van der Waals surface area contributed by atoms with E-state index in [1.165, 1.54) is 6.07 Å². The summed E-state index contributed by atoms with van der Waals surface area (Å²) in [5, 5.41) is 11.3. The Morgan fingerprint density at radius 1 is 0.727 bits per heavy atom. The maximum absolute atomic E-state index is 13.6. The van der Waals surface area contributed by atoms with Crippen LogP contribution in [-0.2, 0) is 4.57 Å². The third kappa shape index (κ3) is 1.79. The van der Waals surface area contributed by atoms with Gasteiger partial charge in [0, 0.05) is 0 Å². The highest BCUT2D eigenvalue weighted by Gasteiger charge is 2.41. The molecule has 1 heterocycles. The fourth-order valence-electron chi connectivity index (χ4n) is 2.82. The normalized spacial score (nSPS) is 14.2. The summed E-state index contributed by atoms with van der Waals surface area (Å²) in [5.74, 6) is 0.219. The van der Waals surface area contributed by atoms with E-state index in [0.717, 1.165) is 11.1 Å². The van der Waals surface area contributed by atoms with Gasteiger partial charge in [0.15, 0.2) is 11.5 Å². The Labute approximate surface area is 128 Å². The van der Waals surface area contributed by atoms with Crippen LogP contribution in [-0.4, -0.2) is 5.11 Å². The molecule has 4 heteroatoms. The van der Waals surface area contributed by atoms with Crippen molar-refractivity contribution in [1.29, 1.82) is 0 Å². The van der Waals surface area contributed by atoms with Gasteiger partial charge in [-0.05, 0) is 35.4 Å². The number of para-hydroxylation sites is 2. The molecule has 1 aliphatic heterocycles. The van der Waals surface area contributed by atoms with Gasteiger partial charge in [0.1, 0.15) is 0 Å². The highest BCUT2D eigenvalue weighted by Crippen LogP contribution is 2.54. The van der Waals surface area contributed by atoms with Gasteiger partial charge in [0.25, 0.3) is 0 Å². The monoisotopic (exact) mass is 308 g/mol. The van der Waals surface area contributed by atoms with Crippen LogP contribution in [0.2, 0.25) is 0 Å². The quantitative estimate of drug-likeness (QED) is 0.735. The summed E-state index contributed by atoms with van der Waals surface area (Å²) >= 11 is 0. The number of hydrogen-bond donors (Lipinski definition) is 1. The van der Waals surface area contributed by atoms with Crippen molar-refractivity contribution in [1.82, 2.24) is 0 Å². The number of hydrogen-bond acceptors (Lipinski definition) is 3. The molecule has 0 saturated heterocycles. The van der Waals surface area contributed by atoms with Crippen LogP contribution in [0.4, 0.5) is 0 Å². The summed E-state index contributed by atoms with van der Waals surface area (Å²) in [6.07, 6.45) is 0. The van der Waals surface area contributed by atoms with Gasteiger partial charge in [-0.25, -0.2) is 0 Å². The van der Waals surface area contributed by atoms with Crippen molar-refractivity contribution < 1.29 is 14.2 Å². The average Bonchev–Trinajstić information content (AvgIpc) is 2.81. The number of aromatic hydroxyl groups is 1. The van der Waals surface area contributed by atoms with Gasteiger partial charge in [0.05, 0.1) is 10.6 Å². The Balaban J connectivity index is 1.94. The summed E-state index contributed by atoms with van der Waals surface area (Å²) in [6.45, 7) is 0. The molecule has 0 saturated carbocycles. The fourth-order valence-corrected chi connectivity index (χ4v) is 5.29. The van der Waals surface area contributed by atoms with Gasteiger partial charge in [-0.3, -0.25) is 4.57 Å². The first kappa shape index (κ1) is 13.2. The Hall–Kier alpha value is -2.51. The van der Waals surface area contributed by atoms with Crippen molar-refractivity contribution in [2.75, 3.05) is 0 Å². The molecule has 3 aromatic rings. The van der Waals surface area contributed by atoms with Crippen LogP contribution in [0, 0.1) is 0 Å². The van der Waals surface area contributed by atoms with Gasteiger partial charge in [-0.2, -0.15) is 0 Å². The molecule has 3 nitrogen and oxygen atoms in total. The van der Waals surface area contributed by atoms with Crippen LogP contribution in [0.3, 0.4) is 0 Å². The standard InChI is InChI=1S/C18H13O3P/c19-15-9-3-4-10-16(15)21-22(20)17-11-5-1-7-13(17)14-8-2-6-12-18(14)22/h1-12,19H. The van der Waals surface area contributed by atoms with Gasteiger partial charge >= 0.3 is 7.37 Å². The molecule has 0 unspecified atom stereocenters. The summed E-state index contributed by atoms with van der Waals surface area (Å²) in [5.41, 5.74) is 1.86. The second kappa shape index (κ2) is 4.75. The zero-order chi connectivity index (χ0) is 15.2. The van der Waals surface area contributed by atoms with Gasteiger partial charge in [0.2, 0.25) is 0 Å². The predicted octanol–water partition coefficient (Wildman–Crippen LogP) is 3.68. The van der Waals surface area contributed by atoms with E-state index in [0.29, 0.717) is 10.6 Å². The van der Waals surface area contributed by atoms with E-state index in [-0.39, 0.29) is 11.5 Å². The van der Waals surface area contributed by atoms with Crippen molar-refractivity contribution in [3.8, 4) is 22.6 Å². The minimum atomic E-state index is -3.26. The first-order valence-electron chi connectivity index (χ1n) is 6.97. The summed E-state index contributed by atoms with van der Waals surface area (Å²) in [4.78, 5) is 0. The zero-order valence-electron chi connectivity index (χ0n) is 11.6. The van der Waals surface area contributed by atoms with E-state index < -0.39 is 7.37 Å². The zero-order valence-corrected chi connectivity index (χ0v) is 12.5. The van der Waals surface area contributed by atoms with Crippen LogP contribution in [0.1, 0.15) is 0 Å². The molecule has 0 radical (unpaired) electrons. The van der Waals surface area contributed by atoms with E-state index in [1.54, 1.807) is 18.2 Å². The second-order valence-corrected chi connectivity index (χ2v) is 7.39. The van der Waals surface area contributed by atoms with Crippen molar-refractivity contribution in [3.63, 3.8) is 0 Å². The van der Waals surface area contributed by atoms with Gasteiger partial charge in [-0.15, -0.1) is 0 Å². The van der Waals surface area contributed by atoms with Gasteiger partial charge in [-0.1, -0.05) is 48.5 Å². The van der Waals surface area contributed by atoms with Crippen molar-refractivity contribution >= 4 is 18.0 Å². The van der Waals surface area contributed by atoms with Crippen LogP contribution >= 0.6 is 7.37 Å². The maximum Gasteiger partial charge on any atom is 0.308 e. The molecule has 1 N–H and O–H groups in total. The van der Waals surface area contributed by atoms with Crippen LogP contribution in [0.5, 0.6) is 11.5 Å². The van der Waals surface area contributed by atoms with Crippen LogP contribution < -0.4 is 15.1 Å². The van der Waals surface area contributed by atoms with Gasteiger partial charge < -0.3 is 9.63 Å². The Morgan fingerprint density at radius 2 is 1.23 bits per heavy atom. The first-order valence-corrected chi connectivity index (χ1v) is 8.60. The molecular formula is C18H13O3P. The molecule has 0 spiro atoms. The molecule has 0 aliphatic carbocycles. The number of phenolic OH excluding ortho intramolecular Hbond substituents is 1. The summed E-state index contributed by atoms with van der Waals surface area (Å²) in [7, 11) is -3.26. The largest absolute Gasteiger partial charge is 0.504 e. The van der Waals surface area contributed by atoms with E-state index in [1.807, 2.05) is 48.5 Å². The number of rotatable bonds is 2. The maximum atomic E-state index is 13.6. The molecular weight excluding hydrogens is 295 g/mol. The molecule has 108 valence electrons. The molecule has 0 aromatic heterocycles. The van der Waals surface area contributed by atoms with Crippen molar-refractivity contribution in [2.24, 2.45) is 0 Å². The number of benzene rings is 3. The molecule has 3 aromatic carbocycles. The van der Waals surface area contributed by atoms with E-state index in [9.17, 15) is 9.67 Å². The Bertz CT molecular complexity index is 868. The molecule has 0 bridgehead atoms. The minimum absolute atomic E-state index is 0.0143. The number of phenols is 1. The molecule has 4 rings (SSSR count). The van der Waals surface area contributed by atoms with Crippen LogP contribution in [0.25, 0.3) is 11.1 Å². The lowest BCUT2D eigenvalue weighted by Gasteiger charge is -2.17. The van der Waals surface area contributed by atoms with E-state index in [4.69, 9.17) is 4.52 Å². The lowest BCUT2D eigenvalue weighted by atomic mass is 10.1. The third-order valence-electron chi connectivity index (χ3n) is 3.82. The van der Waals surface area contributed by atoms with Crippen molar-refractivity contribution in [2.45, 2.75) is 0 Å². The lowest BCUT2D eigenvalue weighted by molar-refractivity contribution is 0.434. The predicted molar refractivity (Wildman–Crippen MR) is 87.5 cm³/mol. The van der Waals surface area contributed by atoms with Crippen molar-refractivity contribution in [3.05, 3.63) is 72.8 Å². The lowest BCUT2D eigenvalue weighted by Crippen LogP contribution is -2.14. The van der Waals surface area contributed by atoms with E-state index in [2.05, 4.69) is 0 Å². The molecule has 22 heavy (non-hydrogen) atoms. The third-order valence-corrected chi connectivity index (χ3v) is 6.33. The average molecular weight is 308 g/mol. The molecule has 0 atom stereocenters. The smallest absolute Gasteiger partial charge is 0.308 e. The first-order chi connectivity index (χ1) is 10.7. The minimum Gasteiger partial charge on any atom is -0.504 e. The molecule has 1 aliphatic rings. The van der Waals surface area contributed by atoms with Crippen LogP contribution in [0.15, 0.2) is 72.8 Å².